The molecule has 1 saturated heterocycles. The smallest absolute Gasteiger partial charge is 0.183 e. The summed E-state index contributed by atoms with van der Waals surface area (Å²) < 4.78 is 10.9. The van der Waals surface area contributed by atoms with E-state index in [0.717, 1.165) is 12.8 Å². The van der Waals surface area contributed by atoms with E-state index in [0.29, 0.717) is 13.2 Å². The lowest BCUT2D eigenvalue weighted by molar-refractivity contribution is -0.148. The van der Waals surface area contributed by atoms with Crippen LogP contribution < -0.4 is 0 Å². The highest BCUT2D eigenvalue weighted by Gasteiger charge is 2.51. The first-order valence-corrected chi connectivity index (χ1v) is 4.76. The summed E-state index contributed by atoms with van der Waals surface area (Å²) in [6.45, 7) is 1.30. The maximum Gasteiger partial charge on any atom is 0.183 e. The minimum Gasteiger partial charge on any atom is -0.392 e. The van der Waals surface area contributed by atoms with Crippen molar-refractivity contribution in [3.05, 3.63) is 0 Å². The Morgan fingerprint density at radius 2 is 2.00 bits per heavy atom. The van der Waals surface area contributed by atoms with Crippen LogP contribution in [0.3, 0.4) is 0 Å². The molecule has 4 heteroatoms. The SMILES string of the molecule is O[C@H]1CCC2(OCCO2)[C@@H]1Br. The van der Waals surface area contributed by atoms with E-state index in [9.17, 15) is 5.11 Å². The van der Waals surface area contributed by atoms with Crippen LogP contribution in [-0.4, -0.2) is 35.0 Å². The van der Waals surface area contributed by atoms with Crippen LogP contribution in [0.25, 0.3) is 0 Å². The van der Waals surface area contributed by atoms with Crippen molar-refractivity contribution >= 4 is 15.9 Å². The standard InChI is InChI=1S/C7H11BrO3/c8-6-5(9)1-2-7(6)10-3-4-11-7/h5-6,9H,1-4H2/t5-,6+/m0/s1. The largest absolute Gasteiger partial charge is 0.392 e. The molecule has 0 aromatic heterocycles. The Balaban J connectivity index is 2.13. The minimum absolute atomic E-state index is 0.0579. The quantitative estimate of drug-likeness (QED) is 0.612. The first-order chi connectivity index (χ1) is 5.25. The van der Waals surface area contributed by atoms with Gasteiger partial charge < -0.3 is 14.6 Å². The Morgan fingerprint density at radius 1 is 1.36 bits per heavy atom. The van der Waals surface area contributed by atoms with Crippen LogP contribution in [0, 0.1) is 0 Å². The van der Waals surface area contributed by atoms with Gasteiger partial charge in [-0.25, -0.2) is 0 Å². The van der Waals surface area contributed by atoms with Crippen molar-refractivity contribution in [2.75, 3.05) is 13.2 Å². The van der Waals surface area contributed by atoms with Gasteiger partial charge in [0.05, 0.1) is 24.1 Å². The van der Waals surface area contributed by atoms with Crippen LogP contribution in [-0.2, 0) is 9.47 Å². The van der Waals surface area contributed by atoms with Crippen molar-refractivity contribution in [3.8, 4) is 0 Å². The molecule has 64 valence electrons. The van der Waals surface area contributed by atoms with Crippen molar-refractivity contribution in [3.63, 3.8) is 0 Å². The molecule has 2 atom stereocenters. The molecule has 1 heterocycles. The number of rotatable bonds is 0. The van der Waals surface area contributed by atoms with E-state index in [1.165, 1.54) is 0 Å². The molecule has 2 aliphatic rings. The molecule has 1 saturated carbocycles. The predicted molar refractivity (Wildman–Crippen MR) is 42.6 cm³/mol. The molecular weight excluding hydrogens is 212 g/mol. The summed E-state index contributed by atoms with van der Waals surface area (Å²) in [5.41, 5.74) is 0. The van der Waals surface area contributed by atoms with E-state index < -0.39 is 5.79 Å². The number of ether oxygens (including phenoxy) is 2. The van der Waals surface area contributed by atoms with E-state index in [1.54, 1.807) is 0 Å². The summed E-state index contributed by atoms with van der Waals surface area (Å²) in [5.74, 6) is -0.514. The molecule has 1 aliphatic carbocycles. The van der Waals surface area contributed by atoms with Gasteiger partial charge in [-0.1, -0.05) is 15.9 Å². The molecule has 0 aromatic rings. The number of halogens is 1. The summed E-state index contributed by atoms with van der Waals surface area (Å²) in [7, 11) is 0. The van der Waals surface area contributed by atoms with Crippen molar-refractivity contribution in [1.29, 1.82) is 0 Å². The Kier molecular flexibility index (Phi) is 1.95. The molecule has 3 nitrogen and oxygen atoms in total. The fourth-order valence-corrected chi connectivity index (χ4v) is 2.46. The summed E-state index contributed by atoms with van der Waals surface area (Å²) in [6.07, 6.45) is 1.23. The molecule has 1 N–H and O–H groups in total. The molecule has 2 fully saturated rings. The van der Waals surface area contributed by atoms with E-state index >= 15 is 0 Å². The zero-order valence-electron chi connectivity index (χ0n) is 6.12. The van der Waals surface area contributed by atoms with Crippen LogP contribution >= 0.6 is 15.9 Å². The Morgan fingerprint density at radius 3 is 2.45 bits per heavy atom. The number of alkyl halides is 1. The second-order valence-corrected chi connectivity index (χ2v) is 4.00. The van der Waals surface area contributed by atoms with Crippen molar-refractivity contribution in [2.45, 2.75) is 29.6 Å². The average molecular weight is 223 g/mol. The molecule has 0 amide bonds. The first-order valence-electron chi connectivity index (χ1n) is 3.85. The van der Waals surface area contributed by atoms with Gasteiger partial charge in [-0.3, -0.25) is 0 Å². The molecule has 11 heavy (non-hydrogen) atoms. The fourth-order valence-electron chi connectivity index (χ4n) is 1.70. The number of hydrogen-bond acceptors (Lipinski definition) is 3. The predicted octanol–water partition coefficient (Wildman–Crippen LogP) is 0.648. The fraction of sp³-hybridized carbons (Fsp3) is 1.00. The van der Waals surface area contributed by atoms with Crippen molar-refractivity contribution in [2.24, 2.45) is 0 Å². The number of aliphatic hydroxyl groups is 1. The Hall–Kier alpha value is 0.360. The third-order valence-electron chi connectivity index (χ3n) is 2.32. The van der Waals surface area contributed by atoms with E-state index in [4.69, 9.17) is 9.47 Å². The van der Waals surface area contributed by atoms with Crippen molar-refractivity contribution < 1.29 is 14.6 Å². The minimum atomic E-state index is -0.514. The monoisotopic (exact) mass is 222 g/mol. The molecule has 0 aromatic carbocycles. The third kappa shape index (κ3) is 1.13. The van der Waals surface area contributed by atoms with Crippen LogP contribution in [0.1, 0.15) is 12.8 Å². The highest BCUT2D eigenvalue weighted by atomic mass is 79.9. The molecular formula is C7H11BrO3. The van der Waals surface area contributed by atoms with Gasteiger partial charge in [0.2, 0.25) is 0 Å². The van der Waals surface area contributed by atoms with E-state index in [2.05, 4.69) is 15.9 Å². The van der Waals surface area contributed by atoms with Gasteiger partial charge in [0.1, 0.15) is 0 Å². The Labute approximate surface area is 73.8 Å². The summed E-state index contributed by atoms with van der Waals surface area (Å²) in [5, 5.41) is 9.42. The zero-order valence-corrected chi connectivity index (χ0v) is 7.71. The average Bonchev–Trinajstić information content (AvgIpc) is 2.56. The molecule has 1 spiro atoms. The second kappa shape index (κ2) is 2.69. The Bertz CT molecular complexity index is 156. The maximum absolute atomic E-state index is 9.42. The molecule has 0 unspecified atom stereocenters. The normalized spacial score (nSPS) is 42.0. The lowest BCUT2D eigenvalue weighted by Gasteiger charge is -2.25. The van der Waals surface area contributed by atoms with Crippen LogP contribution in [0.2, 0.25) is 0 Å². The number of hydrogen-bond donors (Lipinski definition) is 1. The van der Waals surface area contributed by atoms with Gasteiger partial charge in [-0.2, -0.15) is 0 Å². The van der Waals surface area contributed by atoms with E-state index in [1.807, 2.05) is 0 Å². The van der Waals surface area contributed by atoms with Crippen LogP contribution in [0.5, 0.6) is 0 Å². The molecule has 1 aliphatic heterocycles. The topological polar surface area (TPSA) is 38.7 Å². The first kappa shape index (κ1) is 7.98. The highest BCUT2D eigenvalue weighted by molar-refractivity contribution is 9.09. The van der Waals surface area contributed by atoms with E-state index in [-0.39, 0.29) is 10.9 Å². The van der Waals surface area contributed by atoms with Gasteiger partial charge in [-0.05, 0) is 6.42 Å². The van der Waals surface area contributed by atoms with Gasteiger partial charge in [0.15, 0.2) is 5.79 Å². The van der Waals surface area contributed by atoms with Gasteiger partial charge in [0, 0.05) is 6.42 Å². The summed E-state index contributed by atoms with van der Waals surface area (Å²) >= 11 is 3.39. The van der Waals surface area contributed by atoms with Gasteiger partial charge in [0.25, 0.3) is 0 Å². The summed E-state index contributed by atoms with van der Waals surface area (Å²) in [4.78, 5) is -0.0579. The second-order valence-electron chi connectivity index (χ2n) is 3.02. The van der Waals surface area contributed by atoms with Crippen LogP contribution in [0.15, 0.2) is 0 Å². The maximum atomic E-state index is 9.42. The number of aliphatic hydroxyl groups excluding tert-OH is 1. The lowest BCUT2D eigenvalue weighted by atomic mass is 10.2. The molecule has 0 radical (unpaired) electrons. The molecule has 2 rings (SSSR count). The van der Waals surface area contributed by atoms with Gasteiger partial charge in [-0.15, -0.1) is 0 Å². The zero-order chi connectivity index (χ0) is 7.90. The highest BCUT2D eigenvalue weighted by Crippen LogP contribution is 2.41. The lowest BCUT2D eigenvalue weighted by Crippen LogP contribution is -2.38. The van der Waals surface area contributed by atoms with Crippen LogP contribution in [0.4, 0.5) is 0 Å². The van der Waals surface area contributed by atoms with Crippen molar-refractivity contribution in [1.82, 2.24) is 0 Å². The third-order valence-corrected chi connectivity index (χ3v) is 3.63. The summed E-state index contributed by atoms with van der Waals surface area (Å²) in [6, 6.07) is 0. The molecule has 0 bridgehead atoms. The van der Waals surface area contributed by atoms with Gasteiger partial charge >= 0.3 is 0 Å².